The number of carbonyl (C=O) groups excluding carboxylic acids is 1. The Balaban J connectivity index is 2.54. The van der Waals surface area contributed by atoms with Crippen LogP contribution in [0.4, 0.5) is 0 Å². The van der Waals surface area contributed by atoms with Crippen LogP contribution in [-0.2, 0) is 14.3 Å². The van der Waals surface area contributed by atoms with Crippen molar-refractivity contribution < 1.29 is 14.3 Å². The largest absolute Gasteiger partial charge is 0.465 e. The standard InChI is InChI=1S/C13H25NO3/c1-4-6-9-16-10-13(14-3,11-7-8-11)12(15)17-5-2/h11,14H,4-10H2,1-3H3. The van der Waals surface area contributed by atoms with Crippen LogP contribution in [0.1, 0.15) is 39.5 Å². The van der Waals surface area contributed by atoms with E-state index < -0.39 is 5.54 Å². The van der Waals surface area contributed by atoms with Gasteiger partial charge in [-0.15, -0.1) is 0 Å². The molecule has 0 spiro atoms. The number of hydrogen-bond donors (Lipinski definition) is 1. The number of esters is 1. The van der Waals surface area contributed by atoms with Gasteiger partial charge in [-0.05, 0) is 39.2 Å². The highest BCUT2D eigenvalue weighted by atomic mass is 16.5. The van der Waals surface area contributed by atoms with Crippen LogP contribution in [0, 0.1) is 5.92 Å². The Bertz CT molecular complexity index is 241. The second kappa shape index (κ2) is 6.97. The van der Waals surface area contributed by atoms with Crippen molar-refractivity contribution in [1.82, 2.24) is 5.32 Å². The van der Waals surface area contributed by atoms with Crippen LogP contribution in [0.25, 0.3) is 0 Å². The summed E-state index contributed by atoms with van der Waals surface area (Å²) in [5.41, 5.74) is -0.621. The molecule has 0 aromatic rings. The zero-order chi connectivity index (χ0) is 12.7. The van der Waals surface area contributed by atoms with Crippen LogP contribution in [0.15, 0.2) is 0 Å². The SMILES string of the molecule is CCCCOCC(NC)(C(=O)OCC)C1CC1. The first kappa shape index (κ1) is 14.5. The van der Waals surface area contributed by atoms with E-state index in [1.54, 1.807) is 0 Å². The summed E-state index contributed by atoms with van der Waals surface area (Å²) in [5, 5.41) is 3.14. The summed E-state index contributed by atoms with van der Waals surface area (Å²) in [6.07, 6.45) is 4.30. The number of nitrogens with one attached hydrogen (secondary N) is 1. The molecule has 0 saturated heterocycles. The first-order valence-corrected chi connectivity index (χ1v) is 6.65. The van der Waals surface area contributed by atoms with Crippen LogP contribution in [0.3, 0.4) is 0 Å². The van der Waals surface area contributed by atoms with Crippen molar-refractivity contribution in [3.8, 4) is 0 Å². The molecule has 17 heavy (non-hydrogen) atoms. The molecule has 1 rings (SSSR count). The van der Waals surface area contributed by atoms with Gasteiger partial charge in [0.2, 0.25) is 0 Å². The highest BCUT2D eigenvalue weighted by Gasteiger charge is 2.51. The molecule has 1 saturated carbocycles. The average molecular weight is 243 g/mol. The normalized spacial score (nSPS) is 18.8. The zero-order valence-electron chi connectivity index (χ0n) is 11.3. The number of rotatable bonds is 9. The van der Waals surface area contributed by atoms with Gasteiger partial charge in [0.05, 0.1) is 13.2 Å². The lowest BCUT2D eigenvalue weighted by Gasteiger charge is -2.30. The molecule has 0 aliphatic heterocycles. The third kappa shape index (κ3) is 3.68. The molecule has 1 fully saturated rings. The maximum Gasteiger partial charge on any atom is 0.329 e. The predicted molar refractivity (Wildman–Crippen MR) is 66.9 cm³/mol. The number of ether oxygens (including phenoxy) is 2. The van der Waals surface area contributed by atoms with E-state index in [4.69, 9.17) is 9.47 Å². The fraction of sp³-hybridized carbons (Fsp3) is 0.923. The van der Waals surface area contributed by atoms with E-state index in [9.17, 15) is 4.79 Å². The van der Waals surface area contributed by atoms with Crippen molar-refractivity contribution in [3.63, 3.8) is 0 Å². The Hall–Kier alpha value is -0.610. The van der Waals surface area contributed by atoms with E-state index in [1.807, 2.05) is 14.0 Å². The molecule has 1 N–H and O–H groups in total. The van der Waals surface area contributed by atoms with Gasteiger partial charge in [-0.1, -0.05) is 13.3 Å². The zero-order valence-corrected chi connectivity index (χ0v) is 11.3. The molecule has 1 atom stereocenters. The molecule has 0 amide bonds. The molecule has 0 heterocycles. The summed E-state index contributed by atoms with van der Waals surface area (Å²) < 4.78 is 10.8. The Labute approximate surface area is 104 Å². The van der Waals surface area contributed by atoms with Gasteiger partial charge in [-0.3, -0.25) is 0 Å². The fourth-order valence-electron chi connectivity index (χ4n) is 2.04. The number of hydrogen-bond acceptors (Lipinski definition) is 4. The number of unbranched alkanes of at least 4 members (excludes halogenated alkanes) is 1. The molecule has 1 aliphatic rings. The number of carbonyl (C=O) groups is 1. The molecular formula is C13H25NO3. The van der Waals surface area contributed by atoms with Gasteiger partial charge in [0.15, 0.2) is 0 Å². The average Bonchev–Trinajstić information content (AvgIpc) is 3.14. The fourth-order valence-corrected chi connectivity index (χ4v) is 2.04. The molecule has 1 unspecified atom stereocenters. The van der Waals surface area contributed by atoms with Gasteiger partial charge in [-0.2, -0.15) is 0 Å². The quantitative estimate of drug-likeness (QED) is 0.495. The summed E-state index contributed by atoms with van der Waals surface area (Å²) in [7, 11) is 1.82. The first-order chi connectivity index (χ1) is 8.21. The first-order valence-electron chi connectivity index (χ1n) is 6.65. The Morgan fingerprint density at radius 1 is 1.41 bits per heavy atom. The molecule has 100 valence electrons. The van der Waals surface area contributed by atoms with Crippen molar-refractivity contribution >= 4 is 5.97 Å². The van der Waals surface area contributed by atoms with E-state index in [0.717, 1.165) is 25.7 Å². The van der Waals surface area contributed by atoms with Crippen molar-refractivity contribution in [2.24, 2.45) is 5.92 Å². The van der Waals surface area contributed by atoms with Gasteiger partial charge in [0.25, 0.3) is 0 Å². The molecular weight excluding hydrogens is 218 g/mol. The molecule has 0 radical (unpaired) electrons. The van der Waals surface area contributed by atoms with E-state index in [2.05, 4.69) is 12.2 Å². The highest BCUT2D eigenvalue weighted by Crippen LogP contribution is 2.40. The minimum absolute atomic E-state index is 0.165. The Kier molecular flexibility index (Phi) is 5.92. The van der Waals surface area contributed by atoms with E-state index in [1.165, 1.54) is 0 Å². The Morgan fingerprint density at radius 2 is 2.12 bits per heavy atom. The summed E-state index contributed by atoms with van der Waals surface area (Å²) in [6, 6.07) is 0. The number of likely N-dealkylation sites (N-methyl/N-ethyl adjacent to an activating group) is 1. The van der Waals surface area contributed by atoms with Crippen LogP contribution in [-0.4, -0.2) is 38.4 Å². The van der Waals surface area contributed by atoms with Crippen LogP contribution in [0.2, 0.25) is 0 Å². The van der Waals surface area contributed by atoms with Crippen molar-refractivity contribution in [2.45, 2.75) is 45.1 Å². The topological polar surface area (TPSA) is 47.6 Å². The van der Waals surface area contributed by atoms with Gasteiger partial charge in [-0.25, -0.2) is 4.79 Å². The van der Waals surface area contributed by atoms with Crippen molar-refractivity contribution in [1.29, 1.82) is 0 Å². The second-order valence-electron chi connectivity index (χ2n) is 4.62. The molecule has 1 aliphatic carbocycles. The lowest BCUT2D eigenvalue weighted by atomic mass is 9.94. The lowest BCUT2D eigenvalue weighted by molar-refractivity contribution is -0.155. The van der Waals surface area contributed by atoms with Gasteiger partial charge < -0.3 is 14.8 Å². The maximum atomic E-state index is 12.1. The van der Waals surface area contributed by atoms with Crippen LogP contribution >= 0.6 is 0 Å². The lowest BCUT2D eigenvalue weighted by Crippen LogP contribution is -2.57. The molecule has 0 aromatic carbocycles. The Morgan fingerprint density at radius 3 is 2.59 bits per heavy atom. The molecule has 0 aromatic heterocycles. The third-order valence-corrected chi connectivity index (χ3v) is 3.33. The van der Waals surface area contributed by atoms with E-state index in [0.29, 0.717) is 25.7 Å². The van der Waals surface area contributed by atoms with Crippen LogP contribution in [0.5, 0.6) is 0 Å². The third-order valence-electron chi connectivity index (χ3n) is 3.33. The second-order valence-corrected chi connectivity index (χ2v) is 4.62. The smallest absolute Gasteiger partial charge is 0.329 e. The van der Waals surface area contributed by atoms with E-state index in [-0.39, 0.29) is 5.97 Å². The van der Waals surface area contributed by atoms with Gasteiger partial charge >= 0.3 is 5.97 Å². The maximum absolute atomic E-state index is 12.1. The van der Waals surface area contributed by atoms with Gasteiger partial charge in [0, 0.05) is 6.61 Å². The molecule has 0 bridgehead atoms. The summed E-state index contributed by atoms with van der Waals surface area (Å²) in [5.74, 6) is 0.203. The van der Waals surface area contributed by atoms with Crippen LogP contribution < -0.4 is 5.32 Å². The summed E-state index contributed by atoms with van der Waals surface area (Å²) in [6.45, 7) is 5.52. The van der Waals surface area contributed by atoms with E-state index >= 15 is 0 Å². The minimum Gasteiger partial charge on any atom is -0.465 e. The van der Waals surface area contributed by atoms with Crippen molar-refractivity contribution in [2.75, 3.05) is 26.9 Å². The minimum atomic E-state index is -0.621. The summed E-state index contributed by atoms with van der Waals surface area (Å²) >= 11 is 0. The predicted octanol–water partition coefficient (Wildman–Crippen LogP) is 1.73. The van der Waals surface area contributed by atoms with Gasteiger partial charge in [0.1, 0.15) is 5.54 Å². The van der Waals surface area contributed by atoms with Crippen molar-refractivity contribution in [3.05, 3.63) is 0 Å². The monoisotopic (exact) mass is 243 g/mol. The molecule has 4 nitrogen and oxygen atoms in total. The summed E-state index contributed by atoms with van der Waals surface area (Å²) in [4.78, 5) is 12.1. The highest BCUT2D eigenvalue weighted by molar-refractivity contribution is 5.82. The molecule has 4 heteroatoms.